The average molecular weight is 561 g/mol. The van der Waals surface area contributed by atoms with Crippen LogP contribution < -0.4 is 29.2 Å². The van der Waals surface area contributed by atoms with Gasteiger partial charge in [0, 0.05) is 10.5 Å². The van der Waals surface area contributed by atoms with E-state index in [1.54, 1.807) is 31.2 Å². The third-order valence-electron chi connectivity index (χ3n) is 4.91. The van der Waals surface area contributed by atoms with Crippen LogP contribution in [0.1, 0.15) is 40.2 Å². The minimum Gasteiger partial charge on any atom is -0.494 e. The molecule has 0 aromatic heterocycles. The normalized spacial score (nSPS) is 14.8. The molecule has 1 aliphatic rings. The van der Waals surface area contributed by atoms with E-state index in [-0.39, 0.29) is 17.4 Å². The maximum Gasteiger partial charge on any atom is 0.336 e. The molecule has 192 valence electrons. The number of rotatable bonds is 10. The molecule has 9 nitrogen and oxygen atoms in total. The van der Waals surface area contributed by atoms with E-state index < -0.39 is 17.8 Å². The van der Waals surface area contributed by atoms with Gasteiger partial charge in [0.25, 0.3) is 11.8 Å². The van der Waals surface area contributed by atoms with Crippen molar-refractivity contribution in [1.82, 2.24) is 5.32 Å². The van der Waals surface area contributed by atoms with Crippen LogP contribution in [-0.4, -0.2) is 43.8 Å². The number of urea groups is 1. The predicted molar refractivity (Wildman–Crippen MR) is 139 cm³/mol. The lowest BCUT2D eigenvalue weighted by atomic mass is 10.1. The molecular formula is C26H29BrN2O7. The van der Waals surface area contributed by atoms with Crippen molar-refractivity contribution in [2.24, 2.45) is 0 Å². The summed E-state index contributed by atoms with van der Waals surface area (Å²) in [5.41, 5.74) is 0.424. The number of hydrogen-bond acceptors (Lipinski definition) is 7. The van der Waals surface area contributed by atoms with Crippen molar-refractivity contribution in [3.05, 3.63) is 45.9 Å². The fourth-order valence-corrected chi connectivity index (χ4v) is 3.95. The first-order chi connectivity index (χ1) is 17.2. The van der Waals surface area contributed by atoms with Crippen molar-refractivity contribution < 1.29 is 33.3 Å². The Morgan fingerprint density at radius 3 is 2.22 bits per heavy atom. The summed E-state index contributed by atoms with van der Waals surface area (Å²) in [7, 11) is 0. The Morgan fingerprint density at radius 1 is 0.917 bits per heavy atom. The SMILES string of the molecule is CCOc1ccc(OCC)c(N2C(=O)NC(=O)/C(=C\c3cc(OCC)c(OC(C)C)cc3Br)C2=O)c1. The Bertz CT molecular complexity index is 1190. The Labute approximate surface area is 218 Å². The largest absolute Gasteiger partial charge is 0.494 e. The number of carbonyl (C=O) groups is 3. The lowest BCUT2D eigenvalue weighted by molar-refractivity contribution is -0.122. The molecule has 1 saturated heterocycles. The number of barbiturate groups is 1. The second-order valence-electron chi connectivity index (χ2n) is 7.87. The Kier molecular flexibility index (Phi) is 8.98. The third-order valence-corrected chi connectivity index (χ3v) is 5.60. The van der Waals surface area contributed by atoms with E-state index in [1.165, 1.54) is 12.1 Å². The monoisotopic (exact) mass is 560 g/mol. The van der Waals surface area contributed by atoms with E-state index in [9.17, 15) is 14.4 Å². The molecule has 36 heavy (non-hydrogen) atoms. The first kappa shape index (κ1) is 27.1. The van der Waals surface area contributed by atoms with E-state index in [4.69, 9.17) is 18.9 Å². The van der Waals surface area contributed by atoms with E-state index >= 15 is 0 Å². The molecule has 0 unspecified atom stereocenters. The van der Waals surface area contributed by atoms with Gasteiger partial charge in [-0.2, -0.15) is 0 Å². The van der Waals surface area contributed by atoms with Crippen LogP contribution in [0.25, 0.3) is 6.08 Å². The van der Waals surface area contributed by atoms with Crippen LogP contribution in [0.2, 0.25) is 0 Å². The zero-order valence-corrected chi connectivity index (χ0v) is 22.4. The van der Waals surface area contributed by atoms with Crippen LogP contribution in [0, 0.1) is 0 Å². The molecular weight excluding hydrogens is 532 g/mol. The van der Waals surface area contributed by atoms with Crippen molar-refractivity contribution in [3.8, 4) is 23.0 Å². The highest BCUT2D eigenvalue weighted by Crippen LogP contribution is 2.37. The molecule has 0 saturated carbocycles. The van der Waals surface area contributed by atoms with Crippen LogP contribution >= 0.6 is 15.9 Å². The highest BCUT2D eigenvalue weighted by Gasteiger charge is 2.38. The second kappa shape index (κ2) is 11.9. The van der Waals surface area contributed by atoms with Gasteiger partial charge in [-0.25, -0.2) is 9.69 Å². The summed E-state index contributed by atoms with van der Waals surface area (Å²) in [5.74, 6) is 0.113. The number of hydrogen-bond donors (Lipinski definition) is 1. The summed E-state index contributed by atoms with van der Waals surface area (Å²) < 4.78 is 23.3. The fraction of sp³-hybridized carbons (Fsp3) is 0.346. The van der Waals surface area contributed by atoms with E-state index in [1.807, 2.05) is 27.7 Å². The summed E-state index contributed by atoms with van der Waals surface area (Å²) in [6.07, 6.45) is 1.31. The number of amides is 4. The van der Waals surface area contributed by atoms with Crippen molar-refractivity contribution in [1.29, 1.82) is 0 Å². The van der Waals surface area contributed by atoms with Crippen LogP contribution in [0.3, 0.4) is 0 Å². The first-order valence-corrected chi connectivity index (χ1v) is 12.4. The molecule has 0 bridgehead atoms. The number of carbonyl (C=O) groups excluding carboxylic acids is 3. The number of nitrogens with one attached hydrogen (secondary N) is 1. The van der Waals surface area contributed by atoms with Crippen LogP contribution in [-0.2, 0) is 9.59 Å². The van der Waals surface area contributed by atoms with Crippen molar-refractivity contribution >= 4 is 45.5 Å². The minimum absolute atomic E-state index is 0.0856. The summed E-state index contributed by atoms with van der Waals surface area (Å²) >= 11 is 3.48. The summed E-state index contributed by atoms with van der Waals surface area (Å²) in [6, 6.07) is 7.32. The standard InChI is InChI=1S/C26H29BrN2O7/c1-6-33-17-9-10-21(34-7-2)20(13-17)29-25(31)18(24(30)28-26(29)32)11-16-12-22(35-8-3)23(14-19(16)27)36-15(4)5/h9-15H,6-8H2,1-5H3,(H,28,30,32)/b18-11+. The highest BCUT2D eigenvalue weighted by atomic mass is 79.9. The highest BCUT2D eigenvalue weighted by molar-refractivity contribution is 9.10. The van der Waals surface area contributed by atoms with E-state index in [0.717, 1.165) is 4.90 Å². The van der Waals surface area contributed by atoms with Gasteiger partial charge in [-0.1, -0.05) is 15.9 Å². The lowest BCUT2D eigenvalue weighted by Gasteiger charge is -2.28. The number of imide groups is 2. The predicted octanol–water partition coefficient (Wildman–Crippen LogP) is 5.10. The minimum atomic E-state index is -0.883. The lowest BCUT2D eigenvalue weighted by Crippen LogP contribution is -2.54. The van der Waals surface area contributed by atoms with E-state index in [2.05, 4.69) is 21.2 Å². The molecule has 4 amide bonds. The van der Waals surface area contributed by atoms with Gasteiger partial charge in [0.1, 0.15) is 17.1 Å². The first-order valence-electron chi connectivity index (χ1n) is 11.6. The van der Waals surface area contributed by atoms with Crippen molar-refractivity contribution in [2.75, 3.05) is 24.7 Å². The van der Waals surface area contributed by atoms with Gasteiger partial charge >= 0.3 is 6.03 Å². The summed E-state index contributed by atoms with van der Waals surface area (Å²) in [4.78, 5) is 39.9. The number of halogens is 1. The molecule has 0 aliphatic carbocycles. The Hall–Kier alpha value is -3.53. The van der Waals surface area contributed by atoms with Gasteiger partial charge in [-0.15, -0.1) is 0 Å². The number of anilines is 1. The van der Waals surface area contributed by atoms with Crippen LogP contribution in [0.5, 0.6) is 23.0 Å². The van der Waals surface area contributed by atoms with Gasteiger partial charge in [-0.05, 0) is 70.5 Å². The molecule has 0 atom stereocenters. The number of nitrogens with zero attached hydrogens (tertiary/aromatic N) is 1. The Balaban J connectivity index is 2.09. The molecule has 2 aromatic carbocycles. The number of benzene rings is 2. The molecule has 0 radical (unpaired) electrons. The molecule has 1 heterocycles. The number of ether oxygens (including phenoxy) is 4. The smallest absolute Gasteiger partial charge is 0.336 e. The maximum absolute atomic E-state index is 13.5. The second-order valence-corrected chi connectivity index (χ2v) is 8.73. The van der Waals surface area contributed by atoms with Gasteiger partial charge in [0.2, 0.25) is 0 Å². The molecule has 1 aliphatic heterocycles. The van der Waals surface area contributed by atoms with Gasteiger partial charge < -0.3 is 18.9 Å². The van der Waals surface area contributed by atoms with Gasteiger partial charge in [0.15, 0.2) is 11.5 Å². The molecule has 2 aromatic rings. The Morgan fingerprint density at radius 2 is 1.58 bits per heavy atom. The van der Waals surface area contributed by atoms with Crippen molar-refractivity contribution in [2.45, 2.75) is 40.7 Å². The zero-order valence-electron chi connectivity index (χ0n) is 20.8. The van der Waals surface area contributed by atoms with E-state index in [0.29, 0.717) is 52.9 Å². The molecule has 3 rings (SSSR count). The van der Waals surface area contributed by atoms with Gasteiger partial charge in [-0.3, -0.25) is 14.9 Å². The topological polar surface area (TPSA) is 103 Å². The molecule has 10 heteroatoms. The summed E-state index contributed by atoms with van der Waals surface area (Å²) in [5, 5.41) is 2.24. The van der Waals surface area contributed by atoms with Crippen LogP contribution in [0.4, 0.5) is 10.5 Å². The maximum atomic E-state index is 13.5. The quantitative estimate of drug-likeness (QED) is 0.318. The average Bonchev–Trinajstić information content (AvgIpc) is 2.80. The third kappa shape index (κ3) is 5.99. The summed E-state index contributed by atoms with van der Waals surface area (Å²) in [6.45, 7) is 10.3. The van der Waals surface area contributed by atoms with Gasteiger partial charge in [0.05, 0.1) is 31.6 Å². The van der Waals surface area contributed by atoms with Crippen LogP contribution in [0.15, 0.2) is 40.4 Å². The molecule has 1 fully saturated rings. The van der Waals surface area contributed by atoms with Crippen molar-refractivity contribution in [3.63, 3.8) is 0 Å². The molecule has 1 N–H and O–H groups in total. The fourth-order valence-electron chi connectivity index (χ4n) is 3.51. The molecule has 0 spiro atoms. The zero-order chi connectivity index (χ0) is 26.4.